The summed E-state index contributed by atoms with van der Waals surface area (Å²) in [5, 5.41) is 3.28. The van der Waals surface area contributed by atoms with Crippen LogP contribution in [-0.2, 0) is 9.53 Å². The number of ether oxygens (including phenoxy) is 1. The van der Waals surface area contributed by atoms with E-state index < -0.39 is 0 Å². The highest BCUT2D eigenvalue weighted by molar-refractivity contribution is 5.85. The van der Waals surface area contributed by atoms with Gasteiger partial charge in [-0.3, -0.25) is 4.79 Å². The number of aldehydes is 1. The van der Waals surface area contributed by atoms with E-state index in [1.807, 2.05) is 0 Å². The van der Waals surface area contributed by atoms with Crippen molar-refractivity contribution in [2.45, 2.75) is 18.5 Å². The number of carbonyl (C=O) groups is 2. The Hall–Kier alpha value is -0.810. The first-order valence-electron chi connectivity index (χ1n) is 4.41. The summed E-state index contributed by atoms with van der Waals surface area (Å²) in [6, 6.07) is 0.693. The van der Waals surface area contributed by atoms with Crippen molar-refractivity contribution in [2.24, 2.45) is 0 Å². The van der Waals surface area contributed by atoms with Gasteiger partial charge < -0.3 is 15.0 Å². The molecule has 2 unspecified atom stereocenters. The third kappa shape index (κ3) is 1.99. The maximum absolute atomic E-state index is 11.3. The number of fused-ring (bicyclic) bond motifs is 2. The average molecular weight is 221 g/mol. The van der Waals surface area contributed by atoms with E-state index in [9.17, 15) is 9.59 Å². The maximum atomic E-state index is 11.3. The van der Waals surface area contributed by atoms with Crippen LogP contribution in [0.5, 0.6) is 0 Å². The number of hydrogen-bond acceptors (Lipinski definition) is 4. The number of nitrogens with zero attached hydrogens (tertiary/aromatic N) is 1. The molecule has 2 bridgehead atoms. The van der Waals surface area contributed by atoms with Gasteiger partial charge in [-0.25, -0.2) is 4.79 Å². The molecule has 6 heteroatoms. The Morgan fingerprint density at radius 2 is 2.43 bits per heavy atom. The summed E-state index contributed by atoms with van der Waals surface area (Å²) in [5.41, 5.74) is 0. The van der Waals surface area contributed by atoms with Gasteiger partial charge in [-0.05, 0) is 6.42 Å². The summed E-state index contributed by atoms with van der Waals surface area (Å²) in [6.07, 6.45) is 1.24. The SMILES string of the molecule is Cl.O=CCOC(=O)N1CC2CC1CN2. The summed E-state index contributed by atoms with van der Waals surface area (Å²) >= 11 is 0. The molecule has 1 N–H and O–H groups in total. The summed E-state index contributed by atoms with van der Waals surface area (Å²) in [7, 11) is 0. The third-order valence-electron chi connectivity index (χ3n) is 2.57. The highest BCUT2D eigenvalue weighted by Gasteiger charge is 2.40. The number of hydrogen-bond donors (Lipinski definition) is 1. The lowest BCUT2D eigenvalue weighted by Crippen LogP contribution is -2.46. The smallest absolute Gasteiger partial charge is 0.410 e. The molecule has 0 radical (unpaired) electrons. The van der Waals surface area contributed by atoms with Crippen molar-refractivity contribution in [3.63, 3.8) is 0 Å². The average Bonchev–Trinajstić information content (AvgIpc) is 2.74. The van der Waals surface area contributed by atoms with E-state index in [4.69, 9.17) is 4.74 Å². The van der Waals surface area contributed by atoms with Crippen molar-refractivity contribution in [3.8, 4) is 0 Å². The molecule has 0 aliphatic carbocycles. The molecule has 80 valence electrons. The van der Waals surface area contributed by atoms with E-state index in [0.717, 1.165) is 13.0 Å². The monoisotopic (exact) mass is 220 g/mol. The number of nitrogens with one attached hydrogen (secondary N) is 1. The molecule has 2 saturated heterocycles. The van der Waals surface area contributed by atoms with Crippen LogP contribution in [0.25, 0.3) is 0 Å². The van der Waals surface area contributed by atoms with E-state index in [-0.39, 0.29) is 31.1 Å². The Morgan fingerprint density at radius 1 is 1.64 bits per heavy atom. The molecule has 1 amide bonds. The quantitative estimate of drug-likeness (QED) is 0.655. The minimum absolute atomic E-state index is 0. The number of amides is 1. The fourth-order valence-corrected chi connectivity index (χ4v) is 1.97. The van der Waals surface area contributed by atoms with Crippen LogP contribution in [0.1, 0.15) is 6.42 Å². The lowest BCUT2D eigenvalue weighted by molar-refractivity contribution is -0.110. The molecular formula is C8H13ClN2O3. The standard InChI is InChI=1S/C8H12N2O3.ClH/c11-1-2-13-8(12)10-5-6-3-7(10)4-9-6;/h1,6-7,9H,2-5H2;1H. The Labute approximate surface area is 88.2 Å². The largest absolute Gasteiger partial charge is 0.442 e. The van der Waals surface area contributed by atoms with E-state index in [2.05, 4.69) is 5.32 Å². The van der Waals surface area contributed by atoms with Gasteiger partial charge in [0.05, 0.1) is 0 Å². The second-order valence-electron chi connectivity index (χ2n) is 3.39. The minimum atomic E-state index is -0.360. The molecule has 2 atom stereocenters. The summed E-state index contributed by atoms with van der Waals surface area (Å²) in [5.74, 6) is 0. The van der Waals surface area contributed by atoms with Crippen LogP contribution in [0.4, 0.5) is 4.79 Å². The first kappa shape index (κ1) is 11.3. The number of carbonyl (C=O) groups excluding carboxylic acids is 2. The molecule has 2 aliphatic heterocycles. The second-order valence-corrected chi connectivity index (χ2v) is 3.39. The molecule has 14 heavy (non-hydrogen) atoms. The predicted molar refractivity (Wildman–Crippen MR) is 51.6 cm³/mol. The lowest BCUT2D eigenvalue weighted by atomic mass is 10.2. The van der Waals surface area contributed by atoms with Gasteiger partial charge in [0.15, 0.2) is 6.29 Å². The fraction of sp³-hybridized carbons (Fsp3) is 0.750. The second kappa shape index (κ2) is 4.61. The lowest BCUT2D eigenvalue weighted by Gasteiger charge is -2.26. The van der Waals surface area contributed by atoms with Crippen molar-refractivity contribution in [1.82, 2.24) is 10.2 Å². The molecular weight excluding hydrogens is 208 g/mol. The van der Waals surface area contributed by atoms with Gasteiger partial charge in [0.25, 0.3) is 0 Å². The molecule has 2 rings (SSSR count). The Kier molecular flexibility index (Phi) is 3.71. The fourth-order valence-electron chi connectivity index (χ4n) is 1.97. The van der Waals surface area contributed by atoms with Crippen LogP contribution >= 0.6 is 12.4 Å². The zero-order valence-corrected chi connectivity index (χ0v) is 8.46. The van der Waals surface area contributed by atoms with E-state index in [1.165, 1.54) is 0 Å². The number of halogens is 1. The van der Waals surface area contributed by atoms with Crippen LogP contribution in [-0.4, -0.2) is 49.1 Å². The van der Waals surface area contributed by atoms with Gasteiger partial charge in [-0.1, -0.05) is 0 Å². The maximum Gasteiger partial charge on any atom is 0.410 e. The van der Waals surface area contributed by atoms with Crippen LogP contribution in [0.2, 0.25) is 0 Å². The molecule has 0 aromatic carbocycles. The zero-order chi connectivity index (χ0) is 9.26. The summed E-state index contributed by atoms with van der Waals surface area (Å²) < 4.78 is 4.72. The van der Waals surface area contributed by atoms with Crippen molar-refractivity contribution < 1.29 is 14.3 Å². The van der Waals surface area contributed by atoms with Crippen molar-refractivity contribution in [2.75, 3.05) is 19.7 Å². The zero-order valence-electron chi connectivity index (χ0n) is 7.64. The van der Waals surface area contributed by atoms with Gasteiger partial charge in [-0.15, -0.1) is 12.4 Å². The van der Waals surface area contributed by atoms with Crippen molar-refractivity contribution >= 4 is 24.8 Å². The van der Waals surface area contributed by atoms with Crippen LogP contribution < -0.4 is 5.32 Å². The van der Waals surface area contributed by atoms with E-state index in [0.29, 0.717) is 18.9 Å². The van der Waals surface area contributed by atoms with E-state index in [1.54, 1.807) is 4.90 Å². The Morgan fingerprint density at radius 3 is 2.93 bits per heavy atom. The van der Waals surface area contributed by atoms with Gasteiger partial charge in [0, 0.05) is 25.2 Å². The minimum Gasteiger partial charge on any atom is -0.442 e. The van der Waals surface area contributed by atoms with Gasteiger partial charge in [-0.2, -0.15) is 0 Å². The molecule has 2 heterocycles. The first-order valence-corrected chi connectivity index (χ1v) is 4.41. The highest BCUT2D eigenvalue weighted by atomic mass is 35.5. The van der Waals surface area contributed by atoms with Gasteiger partial charge in [0.2, 0.25) is 0 Å². The summed E-state index contributed by atoms with van der Waals surface area (Å²) in [4.78, 5) is 23.0. The first-order chi connectivity index (χ1) is 6.31. The van der Waals surface area contributed by atoms with Gasteiger partial charge >= 0.3 is 6.09 Å². The summed E-state index contributed by atoms with van der Waals surface area (Å²) in [6.45, 7) is 1.42. The molecule has 2 fully saturated rings. The van der Waals surface area contributed by atoms with E-state index >= 15 is 0 Å². The Bertz CT molecular complexity index is 237. The molecule has 5 nitrogen and oxygen atoms in total. The molecule has 0 aromatic rings. The topological polar surface area (TPSA) is 58.6 Å². The highest BCUT2D eigenvalue weighted by Crippen LogP contribution is 2.23. The normalized spacial score (nSPS) is 28.4. The van der Waals surface area contributed by atoms with Crippen LogP contribution in [0.15, 0.2) is 0 Å². The molecule has 2 aliphatic rings. The predicted octanol–water partition coefficient (Wildman–Crippen LogP) is -0.210. The third-order valence-corrected chi connectivity index (χ3v) is 2.57. The number of likely N-dealkylation sites (tertiary alicyclic amines) is 1. The number of piperazine rings is 1. The van der Waals surface area contributed by atoms with Crippen molar-refractivity contribution in [1.29, 1.82) is 0 Å². The molecule has 0 spiro atoms. The molecule has 0 saturated carbocycles. The van der Waals surface area contributed by atoms with Crippen LogP contribution in [0, 0.1) is 0 Å². The number of rotatable bonds is 2. The molecule has 0 aromatic heterocycles. The Balaban J connectivity index is 0.000000980. The van der Waals surface area contributed by atoms with Gasteiger partial charge in [0.1, 0.15) is 6.61 Å². The van der Waals surface area contributed by atoms with Crippen LogP contribution in [0.3, 0.4) is 0 Å². The van der Waals surface area contributed by atoms with Crippen molar-refractivity contribution in [3.05, 3.63) is 0 Å².